The predicted molar refractivity (Wildman–Crippen MR) is 53.6 cm³/mol. The summed E-state index contributed by atoms with van der Waals surface area (Å²) in [6.07, 6.45) is -4.59. The van der Waals surface area contributed by atoms with E-state index in [-0.39, 0.29) is 4.47 Å². The van der Waals surface area contributed by atoms with Gasteiger partial charge in [-0.1, -0.05) is 15.9 Å². The molecular formula is C9H7BrF3NO2. The van der Waals surface area contributed by atoms with Gasteiger partial charge in [-0.2, -0.15) is 13.2 Å². The zero-order valence-electron chi connectivity index (χ0n) is 8.06. The van der Waals surface area contributed by atoms with Gasteiger partial charge in [-0.25, -0.2) is 5.48 Å². The first kappa shape index (κ1) is 13.0. The van der Waals surface area contributed by atoms with Gasteiger partial charge in [-0.05, 0) is 18.2 Å². The van der Waals surface area contributed by atoms with Crippen LogP contribution < -0.4 is 5.48 Å². The van der Waals surface area contributed by atoms with Gasteiger partial charge in [0.05, 0.1) is 18.2 Å². The Bertz CT molecular complexity index is 406. The van der Waals surface area contributed by atoms with Crippen molar-refractivity contribution in [2.45, 2.75) is 6.18 Å². The van der Waals surface area contributed by atoms with Gasteiger partial charge in [-0.15, -0.1) is 0 Å². The molecule has 1 aromatic rings. The summed E-state index contributed by atoms with van der Waals surface area (Å²) in [6, 6.07) is 3.26. The summed E-state index contributed by atoms with van der Waals surface area (Å²) in [4.78, 5) is 15.5. The van der Waals surface area contributed by atoms with E-state index in [1.54, 1.807) is 0 Å². The first-order valence-electron chi connectivity index (χ1n) is 4.06. The minimum absolute atomic E-state index is 0.244. The van der Waals surface area contributed by atoms with Crippen LogP contribution in [0.2, 0.25) is 0 Å². The molecule has 1 aromatic carbocycles. The van der Waals surface area contributed by atoms with Crippen LogP contribution in [-0.4, -0.2) is 13.0 Å². The van der Waals surface area contributed by atoms with Gasteiger partial charge in [0.1, 0.15) is 0 Å². The Morgan fingerprint density at radius 3 is 2.56 bits per heavy atom. The molecule has 1 amide bonds. The zero-order valence-corrected chi connectivity index (χ0v) is 9.65. The van der Waals surface area contributed by atoms with Gasteiger partial charge in [0.15, 0.2) is 0 Å². The van der Waals surface area contributed by atoms with Gasteiger partial charge in [0.2, 0.25) is 0 Å². The number of carbonyl (C=O) groups excluding carboxylic acids is 1. The summed E-state index contributed by atoms with van der Waals surface area (Å²) in [6.45, 7) is 0. The Kier molecular flexibility index (Phi) is 3.93. The number of hydrogen-bond acceptors (Lipinski definition) is 2. The van der Waals surface area contributed by atoms with Gasteiger partial charge in [0, 0.05) is 4.47 Å². The number of rotatable bonds is 2. The van der Waals surface area contributed by atoms with Crippen LogP contribution in [0.1, 0.15) is 15.9 Å². The van der Waals surface area contributed by atoms with Gasteiger partial charge in [-0.3, -0.25) is 9.63 Å². The van der Waals surface area contributed by atoms with Gasteiger partial charge in [0.25, 0.3) is 5.91 Å². The maximum atomic E-state index is 12.6. The second-order valence-corrected chi connectivity index (χ2v) is 3.74. The number of halogens is 4. The fraction of sp³-hybridized carbons (Fsp3) is 0.222. The third-order valence-electron chi connectivity index (χ3n) is 1.73. The monoisotopic (exact) mass is 297 g/mol. The van der Waals surface area contributed by atoms with Crippen LogP contribution >= 0.6 is 15.9 Å². The zero-order chi connectivity index (χ0) is 12.3. The molecule has 0 aliphatic carbocycles. The maximum absolute atomic E-state index is 12.6. The van der Waals surface area contributed by atoms with Crippen molar-refractivity contribution in [3.8, 4) is 0 Å². The highest BCUT2D eigenvalue weighted by molar-refractivity contribution is 9.10. The fourth-order valence-corrected chi connectivity index (χ4v) is 1.46. The number of amides is 1. The minimum atomic E-state index is -4.59. The highest BCUT2D eigenvalue weighted by Crippen LogP contribution is 2.33. The highest BCUT2D eigenvalue weighted by atomic mass is 79.9. The number of benzene rings is 1. The van der Waals surface area contributed by atoms with E-state index < -0.39 is 23.2 Å². The molecule has 0 fully saturated rings. The molecule has 0 aromatic heterocycles. The lowest BCUT2D eigenvalue weighted by Crippen LogP contribution is -2.25. The Hall–Kier alpha value is -1.08. The largest absolute Gasteiger partial charge is 0.417 e. The summed E-state index contributed by atoms with van der Waals surface area (Å²) >= 11 is 2.91. The lowest BCUT2D eigenvalue weighted by atomic mass is 10.1. The Morgan fingerprint density at radius 2 is 2.06 bits per heavy atom. The topological polar surface area (TPSA) is 38.3 Å². The van der Waals surface area contributed by atoms with Crippen molar-refractivity contribution in [3.05, 3.63) is 33.8 Å². The molecule has 0 spiro atoms. The van der Waals surface area contributed by atoms with Crippen LogP contribution in [0.25, 0.3) is 0 Å². The van der Waals surface area contributed by atoms with E-state index in [2.05, 4.69) is 20.8 Å². The molecule has 0 atom stereocenters. The summed E-state index contributed by atoms with van der Waals surface area (Å²) in [7, 11) is 1.14. The van der Waals surface area contributed by atoms with E-state index in [4.69, 9.17) is 0 Å². The molecule has 0 aliphatic rings. The molecule has 0 saturated carbocycles. The lowest BCUT2D eigenvalue weighted by Gasteiger charge is -2.12. The molecular weight excluding hydrogens is 291 g/mol. The highest BCUT2D eigenvalue weighted by Gasteiger charge is 2.35. The first-order valence-corrected chi connectivity index (χ1v) is 4.85. The number of hydrogen-bond donors (Lipinski definition) is 1. The molecule has 1 N–H and O–H groups in total. The average molecular weight is 298 g/mol. The van der Waals surface area contributed by atoms with E-state index >= 15 is 0 Å². The predicted octanol–water partition coefficient (Wildman–Crippen LogP) is 2.76. The molecule has 0 unspecified atom stereocenters. The standard InChI is InChI=1S/C9H7BrF3NO2/c1-16-14-8(15)6-3-2-5(10)4-7(6)9(11,12)13/h2-4H,1H3,(H,14,15). The van der Waals surface area contributed by atoms with Gasteiger partial charge < -0.3 is 0 Å². The second-order valence-electron chi connectivity index (χ2n) is 2.82. The van der Waals surface area contributed by atoms with E-state index in [9.17, 15) is 18.0 Å². The summed E-state index contributed by atoms with van der Waals surface area (Å²) in [5.74, 6) is -0.942. The van der Waals surface area contributed by atoms with E-state index in [0.29, 0.717) is 0 Å². The Labute approximate surface area is 97.7 Å². The van der Waals surface area contributed by atoms with E-state index in [1.807, 2.05) is 5.48 Å². The van der Waals surface area contributed by atoms with Crippen molar-refractivity contribution in [1.82, 2.24) is 5.48 Å². The molecule has 0 heterocycles. The Morgan fingerprint density at radius 1 is 1.44 bits per heavy atom. The van der Waals surface area contributed by atoms with Crippen LogP contribution in [0.4, 0.5) is 13.2 Å². The smallest absolute Gasteiger partial charge is 0.277 e. The molecule has 7 heteroatoms. The molecule has 0 radical (unpaired) electrons. The van der Waals surface area contributed by atoms with Crippen molar-refractivity contribution in [2.24, 2.45) is 0 Å². The SMILES string of the molecule is CONC(=O)c1ccc(Br)cc1C(F)(F)F. The summed E-state index contributed by atoms with van der Waals surface area (Å²) in [5, 5.41) is 0. The molecule has 88 valence electrons. The molecule has 1 rings (SSSR count). The molecule has 16 heavy (non-hydrogen) atoms. The number of alkyl halides is 3. The normalized spacial score (nSPS) is 11.3. The van der Waals surface area contributed by atoms with Gasteiger partial charge >= 0.3 is 6.18 Å². The third kappa shape index (κ3) is 2.96. The van der Waals surface area contributed by atoms with Crippen molar-refractivity contribution >= 4 is 21.8 Å². The van der Waals surface area contributed by atoms with Crippen LogP contribution in [0, 0.1) is 0 Å². The maximum Gasteiger partial charge on any atom is 0.417 e. The third-order valence-corrected chi connectivity index (χ3v) is 2.22. The molecule has 0 saturated heterocycles. The molecule has 3 nitrogen and oxygen atoms in total. The quantitative estimate of drug-likeness (QED) is 0.853. The van der Waals surface area contributed by atoms with Crippen LogP contribution in [0.15, 0.2) is 22.7 Å². The summed E-state index contributed by atoms with van der Waals surface area (Å²) < 4.78 is 38.0. The van der Waals surface area contributed by atoms with Crippen LogP contribution in [-0.2, 0) is 11.0 Å². The average Bonchev–Trinajstić information content (AvgIpc) is 2.16. The van der Waals surface area contributed by atoms with E-state index in [0.717, 1.165) is 19.2 Å². The van der Waals surface area contributed by atoms with E-state index in [1.165, 1.54) is 6.07 Å². The van der Waals surface area contributed by atoms with Crippen molar-refractivity contribution in [2.75, 3.05) is 7.11 Å². The lowest BCUT2D eigenvalue weighted by molar-refractivity contribution is -0.138. The van der Waals surface area contributed by atoms with Crippen LogP contribution in [0.3, 0.4) is 0 Å². The van der Waals surface area contributed by atoms with Crippen molar-refractivity contribution < 1.29 is 22.8 Å². The molecule has 0 bridgehead atoms. The number of carbonyl (C=O) groups is 1. The molecule has 0 aliphatic heterocycles. The van der Waals surface area contributed by atoms with Crippen LogP contribution in [0.5, 0.6) is 0 Å². The Balaban J connectivity index is 3.23. The second kappa shape index (κ2) is 4.84. The fourth-order valence-electron chi connectivity index (χ4n) is 1.10. The summed E-state index contributed by atoms with van der Waals surface area (Å²) in [5.41, 5.74) is 0.334. The first-order chi connectivity index (χ1) is 7.36. The number of hydroxylamine groups is 1. The number of nitrogens with one attached hydrogen (secondary N) is 1. The van der Waals surface area contributed by atoms with Crippen molar-refractivity contribution in [3.63, 3.8) is 0 Å². The van der Waals surface area contributed by atoms with Crippen molar-refractivity contribution in [1.29, 1.82) is 0 Å². The minimum Gasteiger partial charge on any atom is -0.277 e.